The van der Waals surface area contributed by atoms with Crippen molar-refractivity contribution >= 4 is 17.4 Å². The fraction of sp³-hybridized carbons (Fsp3) is 0.308. The molecule has 0 aliphatic rings. The fourth-order valence-corrected chi connectivity index (χ4v) is 1.93. The van der Waals surface area contributed by atoms with Crippen LogP contribution in [0.5, 0.6) is 0 Å². The summed E-state index contributed by atoms with van der Waals surface area (Å²) in [6, 6.07) is 5.31. The Morgan fingerprint density at radius 2 is 2.00 bits per heavy atom. The molecule has 0 saturated carbocycles. The summed E-state index contributed by atoms with van der Waals surface area (Å²) in [5, 5.41) is -0.197. The average Bonchev–Trinajstić information content (AvgIpc) is 2.72. The average molecular weight is 305 g/mol. The summed E-state index contributed by atoms with van der Waals surface area (Å²) in [6.45, 7) is 2.10. The van der Waals surface area contributed by atoms with Gasteiger partial charge in [0.2, 0.25) is 0 Å². The Morgan fingerprint density at radius 3 is 2.55 bits per heavy atom. The number of hydrogen-bond donors (Lipinski definition) is 0. The van der Waals surface area contributed by atoms with E-state index in [1.54, 1.807) is 31.0 Å². The molecule has 2 aromatic heterocycles. The number of hydrogen-bond acceptors (Lipinski definition) is 3. The lowest BCUT2D eigenvalue weighted by Gasteiger charge is -2.18. The van der Waals surface area contributed by atoms with Gasteiger partial charge in [-0.15, -0.1) is 0 Å². The molecule has 2 rings (SSSR count). The van der Waals surface area contributed by atoms with Crippen LogP contribution in [0.25, 0.3) is 0 Å². The minimum atomic E-state index is -4.45. The molecule has 0 spiro atoms. The molecule has 0 aromatic carbocycles. The summed E-state index contributed by atoms with van der Waals surface area (Å²) < 4.78 is 43.5. The number of nitrogens with zero attached hydrogens (tertiary/aromatic N) is 2. The van der Waals surface area contributed by atoms with Gasteiger partial charge in [-0.2, -0.15) is 13.2 Å². The van der Waals surface area contributed by atoms with Crippen LogP contribution < -0.4 is 4.90 Å². The van der Waals surface area contributed by atoms with Gasteiger partial charge in [-0.1, -0.05) is 11.6 Å². The third-order valence-corrected chi connectivity index (χ3v) is 2.88. The van der Waals surface area contributed by atoms with Crippen LogP contribution in [0.4, 0.5) is 19.0 Å². The van der Waals surface area contributed by atoms with Crippen LogP contribution >= 0.6 is 11.6 Å². The third kappa shape index (κ3) is 3.45. The van der Waals surface area contributed by atoms with Gasteiger partial charge < -0.3 is 9.32 Å². The standard InChI is InChI=1S/C13H12ClF3N2O/c1-8-3-4-10(20-8)7-19(2)12-6-9(13(15,16)17)5-11(14)18-12/h3-6H,7H2,1-2H3. The summed E-state index contributed by atoms with van der Waals surface area (Å²) >= 11 is 5.65. The maximum Gasteiger partial charge on any atom is 0.416 e. The van der Waals surface area contributed by atoms with Crippen molar-refractivity contribution in [2.24, 2.45) is 0 Å². The number of pyridine rings is 1. The topological polar surface area (TPSA) is 29.3 Å². The van der Waals surface area contributed by atoms with E-state index in [4.69, 9.17) is 16.0 Å². The van der Waals surface area contributed by atoms with E-state index in [2.05, 4.69) is 4.98 Å². The molecule has 0 N–H and O–H groups in total. The number of furan rings is 1. The van der Waals surface area contributed by atoms with Crippen LogP contribution in [0.1, 0.15) is 17.1 Å². The number of alkyl halides is 3. The van der Waals surface area contributed by atoms with Crippen molar-refractivity contribution in [2.45, 2.75) is 19.6 Å². The molecule has 0 unspecified atom stereocenters. The minimum absolute atomic E-state index is 0.138. The van der Waals surface area contributed by atoms with E-state index in [-0.39, 0.29) is 11.0 Å². The van der Waals surface area contributed by atoms with Crippen LogP contribution in [0.3, 0.4) is 0 Å². The van der Waals surface area contributed by atoms with Gasteiger partial charge in [0.05, 0.1) is 12.1 Å². The van der Waals surface area contributed by atoms with Crippen molar-refractivity contribution in [3.8, 4) is 0 Å². The van der Waals surface area contributed by atoms with Crippen molar-refractivity contribution in [3.05, 3.63) is 46.5 Å². The van der Waals surface area contributed by atoms with Gasteiger partial charge >= 0.3 is 6.18 Å². The highest BCUT2D eigenvalue weighted by Crippen LogP contribution is 2.32. The Labute approximate surface area is 119 Å². The van der Waals surface area contributed by atoms with E-state index >= 15 is 0 Å². The molecule has 20 heavy (non-hydrogen) atoms. The number of rotatable bonds is 3. The van der Waals surface area contributed by atoms with Gasteiger partial charge in [-0.25, -0.2) is 4.98 Å². The van der Waals surface area contributed by atoms with Crippen LogP contribution in [-0.2, 0) is 12.7 Å². The largest absolute Gasteiger partial charge is 0.464 e. The van der Waals surface area contributed by atoms with Crippen molar-refractivity contribution in [2.75, 3.05) is 11.9 Å². The predicted molar refractivity (Wildman–Crippen MR) is 69.8 cm³/mol. The Hall–Kier alpha value is -1.69. The van der Waals surface area contributed by atoms with Crippen LogP contribution in [-0.4, -0.2) is 12.0 Å². The summed E-state index contributed by atoms with van der Waals surface area (Å²) in [4.78, 5) is 5.44. The molecule has 2 aromatic rings. The first kappa shape index (κ1) is 14.7. The molecule has 0 atom stereocenters. The van der Waals surface area contributed by atoms with Gasteiger partial charge in [0, 0.05) is 7.05 Å². The predicted octanol–water partition coefficient (Wildman–Crippen LogP) is 4.29. The van der Waals surface area contributed by atoms with Gasteiger partial charge in [-0.05, 0) is 31.2 Å². The first-order chi connectivity index (χ1) is 9.25. The molecular weight excluding hydrogens is 293 g/mol. The Balaban J connectivity index is 2.25. The second-order valence-corrected chi connectivity index (χ2v) is 4.79. The normalized spacial score (nSPS) is 11.7. The number of aryl methyl sites for hydroxylation is 1. The highest BCUT2D eigenvalue weighted by Gasteiger charge is 2.31. The maximum absolute atomic E-state index is 12.7. The molecule has 2 heterocycles. The lowest BCUT2D eigenvalue weighted by Crippen LogP contribution is -2.18. The minimum Gasteiger partial charge on any atom is -0.464 e. The number of anilines is 1. The SMILES string of the molecule is Cc1ccc(CN(C)c2cc(C(F)(F)F)cc(Cl)n2)o1. The summed E-state index contributed by atoms with van der Waals surface area (Å²) in [5.74, 6) is 1.52. The molecular formula is C13H12ClF3N2O. The zero-order valence-corrected chi connectivity index (χ0v) is 11.6. The first-order valence-electron chi connectivity index (χ1n) is 5.77. The number of halogens is 4. The maximum atomic E-state index is 12.7. The quantitative estimate of drug-likeness (QED) is 0.792. The zero-order valence-electron chi connectivity index (χ0n) is 10.8. The van der Waals surface area contributed by atoms with Crippen LogP contribution in [0, 0.1) is 6.92 Å². The summed E-state index contributed by atoms with van der Waals surface area (Å²) in [6.07, 6.45) is -4.45. The van der Waals surface area contributed by atoms with E-state index in [0.717, 1.165) is 17.9 Å². The molecule has 0 aliphatic heterocycles. The van der Waals surface area contributed by atoms with Crippen molar-refractivity contribution < 1.29 is 17.6 Å². The lowest BCUT2D eigenvalue weighted by molar-refractivity contribution is -0.137. The number of aromatic nitrogens is 1. The van der Waals surface area contributed by atoms with E-state index in [0.29, 0.717) is 12.3 Å². The zero-order chi connectivity index (χ0) is 14.9. The monoisotopic (exact) mass is 304 g/mol. The van der Waals surface area contributed by atoms with Crippen molar-refractivity contribution in [3.63, 3.8) is 0 Å². The third-order valence-electron chi connectivity index (χ3n) is 2.69. The summed E-state index contributed by atoms with van der Waals surface area (Å²) in [5.41, 5.74) is -0.824. The van der Waals surface area contributed by atoms with E-state index < -0.39 is 11.7 Å². The summed E-state index contributed by atoms with van der Waals surface area (Å²) in [7, 11) is 1.62. The highest BCUT2D eigenvalue weighted by molar-refractivity contribution is 6.29. The van der Waals surface area contributed by atoms with Gasteiger partial charge in [0.1, 0.15) is 22.5 Å². The molecule has 0 bridgehead atoms. The first-order valence-corrected chi connectivity index (χ1v) is 6.15. The molecule has 108 valence electrons. The molecule has 0 aliphatic carbocycles. The van der Waals surface area contributed by atoms with Crippen LogP contribution in [0.2, 0.25) is 5.15 Å². The van der Waals surface area contributed by atoms with Gasteiger partial charge in [0.15, 0.2) is 0 Å². The Morgan fingerprint density at radius 1 is 1.30 bits per heavy atom. The van der Waals surface area contributed by atoms with Crippen molar-refractivity contribution in [1.29, 1.82) is 0 Å². The lowest BCUT2D eigenvalue weighted by atomic mass is 10.2. The van der Waals surface area contributed by atoms with E-state index in [9.17, 15) is 13.2 Å². The molecule has 3 nitrogen and oxygen atoms in total. The smallest absolute Gasteiger partial charge is 0.416 e. The molecule has 0 saturated heterocycles. The Kier molecular flexibility index (Phi) is 3.94. The van der Waals surface area contributed by atoms with Crippen molar-refractivity contribution in [1.82, 2.24) is 4.98 Å². The Bertz CT molecular complexity index is 610. The van der Waals surface area contributed by atoms with E-state index in [1.807, 2.05) is 0 Å². The van der Waals surface area contributed by atoms with Crippen LogP contribution in [0.15, 0.2) is 28.7 Å². The molecule has 7 heteroatoms. The van der Waals surface area contributed by atoms with Gasteiger partial charge in [-0.3, -0.25) is 0 Å². The van der Waals surface area contributed by atoms with E-state index in [1.165, 1.54) is 0 Å². The molecule has 0 radical (unpaired) electrons. The molecule has 0 fully saturated rings. The van der Waals surface area contributed by atoms with Gasteiger partial charge in [0.25, 0.3) is 0 Å². The molecule has 0 amide bonds. The fourth-order valence-electron chi connectivity index (χ4n) is 1.73. The second kappa shape index (κ2) is 5.36. The second-order valence-electron chi connectivity index (χ2n) is 4.40. The highest BCUT2D eigenvalue weighted by atomic mass is 35.5.